The minimum Gasteiger partial charge on any atom is -0.466 e. The van der Waals surface area contributed by atoms with Crippen LogP contribution in [0.3, 0.4) is 0 Å². The van der Waals surface area contributed by atoms with Gasteiger partial charge in [-0.05, 0) is 68.8 Å². The molecule has 39 heavy (non-hydrogen) atoms. The molecule has 10 nitrogen and oxygen atoms in total. The standard InChI is InChI=1S/C29H33N3O7/c1-5-16-32(24(29(36)38-7-3)18-25(33)37-6-2)27(34)19(4)17-20-8-10-22(11-9-20)28(35)39-23-14-12-21(13-15-23)26(30)31/h5,8-15,17,24H,1,6-7,16,18H2,2-4H3,(H3,30,31)/b19-17+/t24-/m1/s1. The summed E-state index contributed by atoms with van der Waals surface area (Å²) in [6.45, 7) is 8.75. The van der Waals surface area contributed by atoms with Gasteiger partial charge in [-0.3, -0.25) is 15.0 Å². The van der Waals surface area contributed by atoms with Crippen LogP contribution in [0.15, 0.2) is 66.8 Å². The Morgan fingerprint density at radius 1 is 0.974 bits per heavy atom. The molecule has 2 aromatic carbocycles. The molecule has 2 rings (SSSR count). The minimum atomic E-state index is -1.18. The van der Waals surface area contributed by atoms with Crippen molar-refractivity contribution in [2.45, 2.75) is 33.2 Å². The van der Waals surface area contributed by atoms with Gasteiger partial charge in [-0.15, -0.1) is 6.58 Å². The summed E-state index contributed by atoms with van der Waals surface area (Å²) in [4.78, 5) is 51.8. The highest BCUT2D eigenvalue weighted by Gasteiger charge is 2.33. The third-order valence-electron chi connectivity index (χ3n) is 5.43. The number of hydrogen-bond donors (Lipinski definition) is 2. The average molecular weight is 536 g/mol. The molecule has 3 N–H and O–H groups in total. The Bertz CT molecular complexity index is 1230. The molecule has 0 aromatic heterocycles. The van der Waals surface area contributed by atoms with Crippen LogP contribution in [0.2, 0.25) is 0 Å². The fourth-order valence-corrected chi connectivity index (χ4v) is 3.55. The topological polar surface area (TPSA) is 149 Å². The van der Waals surface area contributed by atoms with E-state index in [9.17, 15) is 19.2 Å². The number of nitrogens with two attached hydrogens (primary N) is 1. The number of esters is 3. The number of carbonyl (C=O) groups excluding carboxylic acids is 4. The first kappa shape index (κ1) is 30.5. The number of hydrogen-bond acceptors (Lipinski definition) is 8. The second-order valence-corrected chi connectivity index (χ2v) is 8.30. The van der Waals surface area contributed by atoms with E-state index in [-0.39, 0.29) is 43.2 Å². The number of carbonyl (C=O) groups is 4. The summed E-state index contributed by atoms with van der Waals surface area (Å²) in [6.07, 6.45) is 2.70. The molecular formula is C29H33N3O7. The van der Waals surface area contributed by atoms with Crippen LogP contribution in [0.4, 0.5) is 0 Å². The Hall–Kier alpha value is -4.73. The second-order valence-electron chi connectivity index (χ2n) is 8.30. The van der Waals surface area contributed by atoms with Crippen molar-refractivity contribution in [1.82, 2.24) is 4.90 Å². The van der Waals surface area contributed by atoms with E-state index in [2.05, 4.69) is 6.58 Å². The molecule has 0 saturated carbocycles. The van der Waals surface area contributed by atoms with Gasteiger partial charge in [-0.2, -0.15) is 0 Å². The van der Waals surface area contributed by atoms with Crippen LogP contribution in [-0.2, 0) is 23.9 Å². The lowest BCUT2D eigenvalue weighted by molar-refractivity contribution is -0.158. The molecule has 10 heteroatoms. The molecule has 0 heterocycles. The summed E-state index contributed by atoms with van der Waals surface area (Å²) >= 11 is 0. The number of nitrogens with one attached hydrogen (secondary N) is 1. The summed E-state index contributed by atoms with van der Waals surface area (Å²) in [5, 5.41) is 7.42. The number of amides is 1. The molecule has 0 radical (unpaired) electrons. The van der Waals surface area contributed by atoms with E-state index < -0.39 is 29.9 Å². The first-order chi connectivity index (χ1) is 18.6. The minimum absolute atomic E-state index is 0.00503. The number of rotatable bonds is 13. The van der Waals surface area contributed by atoms with E-state index in [0.29, 0.717) is 16.9 Å². The van der Waals surface area contributed by atoms with Crippen molar-refractivity contribution in [3.63, 3.8) is 0 Å². The van der Waals surface area contributed by atoms with Crippen molar-refractivity contribution in [2.75, 3.05) is 19.8 Å². The number of ether oxygens (including phenoxy) is 3. The van der Waals surface area contributed by atoms with Crippen LogP contribution in [-0.4, -0.2) is 60.4 Å². The highest BCUT2D eigenvalue weighted by Crippen LogP contribution is 2.18. The predicted molar refractivity (Wildman–Crippen MR) is 146 cm³/mol. The Kier molecular flexibility index (Phi) is 11.6. The molecule has 0 bridgehead atoms. The molecule has 0 spiro atoms. The maximum atomic E-state index is 13.3. The number of nitrogens with zero attached hydrogens (tertiary/aromatic N) is 1. The van der Waals surface area contributed by atoms with Gasteiger partial charge in [0, 0.05) is 17.7 Å². The van der Waals surface area contributed by atoms with Gasteiger partial charge in [-0.25, -0.2) is 9.59 Å². The fourth-order valence-electron chi connectivity index (χ4n) is 3.55. The average Bonchev–Trinajstić information content (AvgIpc) is 2.91. The third kappa shape index (κ3) is 8.96. The Labute approximate surface area is 227 Å². The molecule has 0 fully saturated rings. The van der Waals surface area contributed by atoms with Gasteiger partial charge < -0.3 is 24.8 Å². The zero-order valence-corrected chi connectivity index (χ0v) is 22.3. The zero-order valence-electron chi connectivity index (χ0n) is 22.3. The number of nitrogen functional groups attached to an aromatic ring is 1. The van der Waals surface area contributed by atoms with Gasteiger partial charge >= 0.3 is 17.9 Å². The molecule has 1 amide bonds. The van der Waals surface area contributed by atoms with Gasteiger partial charge in [0.2, 0.25) is 0 Å². The SMILES string of the molecule is C=CCN(C(=O)/C(C)=C/c1ccc(C(=O)Oc2ccc(C(=N)N)cc2)cc1)[C@H](CC(=O)OCC)C(=O)OCC. The first-order valence-corrected chi connectivity index (χ1v) is 12.3. The van der Waals surface area contributed by atoms with E-state index in [0.717, 1.165) is 0 Å². The summed E-state index contributed by atoms with van der Waals surface area (Å²) in [6, 6.07) is 11.5. The van der Waals surface area contributed by atoms with Crippen LogP contribution in [0.1, 0.15) is 48.7 Å². The van der Waals surface area contributed by atoms with E-state index in [4.69, 9.17) is 25.4 Å². The summed E-state index contributed by atoms with van der Waals surface area (Å²) in [5.74, 6) is -2.20. The van der Waals surface area contributed by atoms with Gasteiger partial charge in [0.25, 0.3) is 5.91 Å². The first-order valence-electron chi connectivity index (χ1n) is 12.3. The van der Waals surface area contributed by atoms with Crippen molar-refractivity contribution >= 4 is 35.7 Å². The molecule has 0 saturated heterocycles. The molecule has 0 unspecified atom stereocenters. The molecule has 0 aliphatic carbocycles. The van der Waals surface area contributed by atoms with Gasteiger partial charge in [0.1, 0.15) is 17.6 Å². The van der Waals surface area contributed by atoms with E-state index >= 15 is 0 Å². The quantitative estimate of drug-likeness (QED) is 0.0989. The predicted octanol–water partition coefficient (Wildman–Crippen LogP) is 3.49. The number of benzene rings is 2. The Morgan fingerprint density at radius 3 is 2.10 bits per heavy atom. The zero-order chi connectivity index (χ0) is 28.9. The molecule has 0 aliphatic heterocycles. The van der Waals surface area contributed by atoms with Crippen molar-refractivity contribution in [2.24, 2.45) is 5.73 Å². The van der Waals surface area contributed by atoms with E-state index in [1.54, 1.807) is 75.4 Å². The lowest BCUT2D eigenvalue weighted by atomic mass is 10.1. The Morgan fingerprint density at radius 2 is 1.56 bits per heavy atom. The van der Waals surface area contributed by atoms with E-state index in [1.807, 2.05) is 0 Å². The number of amidine groups is 1. The Balaban J connectivity index is 2.20. The van der Waals surface area contributed by atoms with Crippen molar-refractivity contribution < 1.29 is 33.4 Å². The van der Waals surface area contributed by atoms with Crippen molar-refractivity contribution in [1.29, 1.82) is 5.41 Å². The monoisotopic (exact) mass is 535 g/mol. The molecule has 2 aromatic rings. The summed E-state index contributed by atoms with van der Waals surface area (Å²) in [5.41, 5.74) is 7.14. The summed E-state index contributed by atoms with van der Waals surface area (Å²) in [7, 11) is 0. The second kappa shape index (κ2) is 14.9. The van der Waals surface area contributed by atoms with Gasteiger partial charge in [-0.1, -0.05) is 18.2 Å². The summed E-state index contributed by atoms with van der Waals surface area (Å²) < 4.78 is 15.4. The van der Waals surface area contributed by atoms with Crippen LogP contribution in [0, 0.1) is 5.41 Å². The molecular weight excluding hydrogens is 502 g/mol. The van der Waals surface area contributed by atoms with Gasteiger partial charge in [0.05, 0.1) is 25.2 Å². The maximum absolute atomic E-state index is 13.3. The largest absolute Gasteiger partial charge is 0.466 e. The lowest BCUT2D eigenvalue weighted by Gasteiger charge is -2.29. The molecule has 206 valence electrons. The van der Waals surface area contributed by atoms with Crippen molar-refractivity contribution in [3.05, 3.63) is 83.4 Å². The van der Waals surface area contributed by atoms with Crippen LogP contribution < -0.4 is 10.5 Å². The normalized spacial score (nSPS) is 11.6. The van der Waals surface area contributed by atoms with Crippen LogP contribution in [0.25, 0.3) is 6.08 Å². The van der Waals surface area contributed by atoms with Crippen LogP contribution in [0.5, 0.6) is 5.75 Å². The van der Waals surface area contributed by atoms with Gasteiger partial charge in [0.15, 0.2) is 0 Å². The molecule has 1 atom stereocenters. The smallest absolute Gasteiger partial charge is 0.343 e. The molecule has 0 aliphatic rings. The highest BCUT2D eigenvalue weighted by molar-refractivity contribution is 6.00. The third-order valence-corrected chi connectivity index (χ3v) is 5.43. The maximum Gasteiger partial charge on any atom is 0.343 e. The highest BCUT2D eigenvalue weighted by atomic mass is 16.5. The lowest BCUT2D eigenvalue weighted by Crippen LogP contribution is -2.47. The van der Waals surface area contributed by atoms with Crippen molar-refractivity contribution in [3.8, 4) is 5.75 Å². The fraction of sp³-hybridized carbons (Fsp3) is 0.276. The van der Waals surface area contributed by atoms with Crippen LogP contribution >= 0.6 is 0 Å². The van der Waals surface area contributed by atoms with E-state index in [1.165, 1.54) is 11.0 Å².